The van der Waals surface area contributed by atoms with Gasteiger partial charge in [0.25, 0.3) is 0 Å². The van der Waals surface area contributed by atoms with E-state index in [1.54, 1.807) is 0 Å². The fourth-order valence-corrected chi connectivity index (χ4v) is 3.25. The number of hydrogen-bond acceptors (Lipinski definition) is 2. The zero-order chi connectivity index (χ0) is 15.0. The number of rotatable bonds is 3. The van der Waals surface area contributed by atoms with Crippen molar-refractivity contribution in [1.29, 1.82) is 0 Å². The average Bonchev–Trinajstić information content (AvgIpc) is 2.76. The highest BCUT2D eigenvalue weighted by Gasteiger charge is 2.30. The Hall–Kier alpha value is -1.80. The van der Waals surface area contributed by atoms with Gasteiger partial charge in [0.1, 0.15) is 11.9 Å². The van der Waals surface area contributed by atoms with Gasteiger partial charge in [-0.05, 0) is 47.2 Å². The van der Waals surface area contributed by atoms with Crippen molar-refractivity contribution in [3.8, 4) is 5.75 Å². The molecule has 2 aromatic rings. The Labute approximate surface area is 126 Å². The lowest BCUT2D eigenvalue weighted by atomic mass is 9.98. The van der Waals surface area contributed by atoms with Crippen LogP contribution in [0.25, 0.3) is 0 Å². The van der Waals surface area contributed by atoms with E-state index < -0.39 is 0 Å². The molecule has 2 N–H and O–H groups in total. The Morgan fingerprint density at radius 3 is 2.57 bits per heavy atom. The van der Waals surface area contributed by atoms with Crippen LogP contribution in [-0.2, 0) is 6.42 Å². The maximum atomic E-state index is 6.33. The number of nitrogens with two attached hydrogens (primary N) is 1. The standard InChI is InChI=1S/C19H23NO/c1-12(2)16-9-8-15(10-13(16)3)21-18-11-14-6-4-5-7-17(14)19(18)20/h4-10,12,18-19H,11,20H2,1-3H3. The summed E-state index contributed by atoms with van der Waals surface area (Å²) in [5.74, 6) is 1.46. The quantitative estimate of drug-likeness (QED) is 0.918. The third kappa shape index (κ3) is 2.68. The van der Waals surface area contributed by atoms with Crippen LogP contribution in [0.2, 0.25) is 0 Å². The second-order valence-electron chi connectivity index (χ2n) is 6.26. The molecule has 110 valence electrons. The summed E-state index contributed by atoms with van der Waals surface area (Å²) in [5.41, 5.74) is 11.5. The van der Waals surface area contributed by atoms with E-state index in [0.717, 1.165) is 12.2 Å². The number of aryl methyl sites for hydroxylation is 1. The molecule has 21 heavy (non-hydrogen) atoms. The van der Waals surface area contributed by atoms with Gasteiger partial charge in [-0.15, -0.1) is 0 Å². The van der Waals surface area contributed by atoms with E-state index in [1.807, 2.05) is 6.07 Å². The molecule has 2 aromatic carbocycles. The van der Waals surface area contributed by atoms with Gasteiger partial charge in [0.15, 0.2) is 0 Å². The Kier molecular flexibility index (Phi) is 3.73. The second-order valence-corrected chi connectivity index (χ2v) is 6.26. The minimum absolute atomic E-state index is 0.0340. The molecule has 0 amide bonds. The minimum atomic E-state index is -0.0359. The largest absolute Gasteiger partial charge is 0.488 e. The van der Waals surface area contributed by atoms with Gasteiger partial charge in [-0.25, -0.2) is 0 Å². The summed E-state index contributed by atoms with van der Waals surface area (Å²) < 4.78 is 6.16. The van der Waals surface area contributed by atoms with E-state index in [2.05, 4.69) is 57.2 Å². The van der Waals surface area contributed by atoms with Gasteiger partial charge in [-0.1, -0.05) is 44.2 Å². The SMILES string of the molecule is Cc1cc(OC2Cc3ccccc3C2N)ccc1C(C)C. The molecule has 0 bridgehead atoms. The summed E-state index contributed by atoms with van der Waals surface area (Å²) in [7, 11) is 0. The van der Waals surface area contributed by atoms with Gasteiger partial charge >= 0.3 is 0 Å². The number of ether oxygens (including phenoxy) is 1. The summed E-state index contributed by atoms with van der Waals surface area (Å²) in [6.45, 7) is 6.57. The van der Waals surface area contributed by atoms with Crippen molar-refractivity contribution in [3.63, 3.8) is 0 Å². The van der Waals surface area contributed by atoms with Gasteiger partial charge in [-0.3, -0.25) is 0 Å². The molecule has 0 heterocycles. The Morgan fingerprint density at radius 1 is 1.14 bits per heavy atom. The van der Waals surface area contributed by atoms with Gasteiger partial charge < -0.3 is 10.5 Å². The zero-order valence-electron chi connectivity index (χ0n) is 13.0. The average molecular weight is 281 g/mol. The molecule has 1 aliphatic carbocycles. The van der Waals surface area contributed by atoms with Crippen LogP contribution in [0, 0.1) is 6.92 Å². The van der Waals surface area contributed by atoms with Crippen LogP contribution in [0.1, 0.15) is 48.1 Å². The fourth-order valence-electron chi connectivity index (χ4n) is 3.25. The van der Waals surface area contributed by atoms with Crippen LogP contribution in [0.15, 0.2) is 42.5 Å². The molecular weight excluding hydrogens is 258 g/mol. The topological polar surface area (TPSA) is 35.2 Å². The van der Waals surface area contributed by atoms with E-state index >= 15 is 0 Å². The fraction of sp³-hybridized carbons (Fsp3) is 0.368. The highest BCUT2D eigenvalue weighted by Crippen LogP contribution is 2.33. The summed E-state index contributed by atoms with van der Waals surface area (Å²) in [4.78, 5) is 0. The molecule has 0 fully saturated rings. The zero-order valence-corrected chi connectivity index (χ0v) is 13.0. The summed E-state index contributed by atoms with van der Waals surface area (Å²) in [5, 5.41) is 0. The third-order valence-electron chi connectivity index (χ3n) is 4.39. The van der Waals surface area contributed by atoms with Crippen LogP contribution in [-0.4, -0.2) is 6.10 Å². The monoisotopic (exact) mass is 281 g/mol. The van der Waals surface area contributed by atoms with Crippen molar-refractivity contribution in [3.05, 3.63) is 64.7 Å². The lowest BCUT2D eigenvalue weighted by Crippen LogP contribution is -2.27. The molecule has 2 nitrogen and oxygen atoms in total. The second kappa shape index (κ2) is 5.53. The normalized spacial score (nSPS) is 20.6. The molecule has 0 saturated carbocycles. The van der Waals surface area contributed by atoms with Crippen molar-refractivity contribution in [2.24, 2.45) is 5.73 Å². The van der Waals surface area contributed by atoms with Gasteiger partial charge in [-0.2, -0.15) is 0 Å². The summed E-state index contributed by atoms with van der Waals surface area (Å²) >= 11 is 0. The highest BCUT2D eigenvalue weighted by molar-refractivity contribution is 5.39. The Morgan fingerprint density at radius 2 is 1.90 bits per heavy atom. The minimum Gasteiger partial charge on any atom is -0.488 e. The molecular formula is C19H23NO. The Bertz CT molecular complexity index is 648. The third-order valence-corrected chi connectivity index (χ3v) is 4.39. The molecule has 0 aliphatic heterocycles. The lowest BCUT2D eigenvalue weighted by molar-refractivity contribution is 0.185. The van der Waals surface area contributed by atoms with E-state index in [4.69, 9.17) is 10.5 Å². The van der Waals surface area contributed by atoms with Crippen molar-refractivity contribution in [2.75, 3.05) is 0 Å². The molecule has 1 aliphatic rings. The maximum absolute atomic E-state index is 6.33. The van der Waals surface area contributed by atoms with Crippen LogP contribution in [0.4, 0.5) is 0 Å². The number of fused-ring (bicyclic) bond motifs is 1. The van der Waals surface area contributed by atoms with Gasteiger partial charge in [0, 0.05) is 6.42 Å². The first kappa shape index (κ1) is 14.2. The molecule has 3 rings (SSSR count). The van der Waals surface area contributed by atoms with Crippen LogP contribution < -0.4 is 10.5 Å². The molecule has 2 unspecified atom stereocenters. The summed E-state index contributed by atoms with van der Waals surface area (Å²) in [6, 6.07) is 14.7. The first-order valence-electron chi connectivity index (χ1n) is 7.67. The lowest BCUT2D eigenvalue weighted by Gasteiger charge is -2.20. The molecule has 0 saturated heterocycles. The maximum Gasteiger partial charge on any atom is 0.122 e. The predicted octanol–water partition coefficient (Wildman–Crippen LogP) is 4.12. The summed E-state index contributed by atoms with van der Waals surface area (Å²) in [6.07, 6.45) is 0.925. The van der Waals surface area contributed by atoms with Crippen molar-refractivity contribution in [2.45, 2.75) is 45.3 Å². The van der Waals surface area contributed by atoms with Crippen molar-refractivity contribution >= 4 is 0 Å². The molecule has 2 heteroatoms. The first-order valence-corrected chi connectivity index (χ1v) is 7.67. The van der Waals surface area contributed by atoms with E-state index in [9.17, 15) is 0 Å². The van der Waals surface area contributed by atoms with E-state index in [-0.39, 0.29) is 12.1 Å². The first-order chi connectivity index (χ1) is 10.1. The van der Waals surface area contributed by atoms with Crippen molar-refractivity contribution < 1.29 is 4.74 Å². The van der Waals surface area contributed by atoms with Gasteiger partial charge in [0.05, 0.1) is 6.04 Å². The molecule has 0 spiro atoms. The number of hydrogen-bond donors (Lipinski definition) is 1. The van der Waals surface area contributed by atoms with Crippen LogP contribution >= 0.6 is 0 Å². The predicted molar refractivity (Wildman–Crippen MR) is 86.8 cm³/mol. The van der Waals surface area contributed by atoms with E-state index in [0.29, 0.717) is 5.92 Å². The van der Waals surface area contributed by atoms with Crippen molar-refractivity contribution in [1.82, 2.24) is 0 Å². The molecule has 0 radical (unpaired) electrons. The number of benzene rings is 2. The molecule has 2 atom stereocenters. The van der Waals surface area contributed by atoms with E-state index in [1.165, 1.54) is 22.3 Å². The highest BCUT2D eigenvalue weighted by atomic mass is 16.5. The van der Waals surface area contributed by atoms with Crippen LogP contribution in [0.5, 0.6) is 5.75 Å². The Balaban J connectivity index is 1.78. The van der Waals surface area contributed by atoms with Crippen LogP contribution in [0.3, 0.4) is 0 Å². The smallest absolute Gasteiger partial charge is 0.122 e. The van der Waals surface area contributed by atoms with Gasteiger partial charge in [0.2, 0.25) is 0 Å². The molecule has 0 aromatic heterocycles.